The Hall–Kier alpha value is -0.570. The van der Waals surface area contributed by atoms with E-state index in [0.717, 1.165) is 32.4 Å². The Labute approximate surface area is 93.0 Å². The number of hydrogen-bond acceptors (Lipinski definition) is 2. The number of carbonyl (C=O) groups is 1. The molecule has 0 aromatic rings. The van der Waals surface area contributed by atoms with Gasteiger partial charge in [-0.15, -0.1) is 0 Å². The van der Waals surface area contributed by atoms with Gasteiger partial charge in [-0.2, -0.15) is 0 Å². The quantitative estimate of drug-likeness (QED) is 0.758. The van der Waals surface area contributed by atoms with Gasteiger partial charge in [0.05, 0.1) is 0 Å². The monoisotopic (exact) mass is 212 g/mol. The molecule has 0 aromatic heterocycles. The number of likely N-dealkylation sites (tertiary alicyclic amines) is 1. The zero-order chi connectivity index (χ0) is 11.5. The summed E-state index contributed by atoms with van der Waals surface area (Å²) in [6.07, 6.45) is 3.74. The molecule has 0 spiro atoms. The third kappa shape index (κ3) is 4.65. The van der Waals surface area contributed by atoms with Crippen LogP contribution >= 0.6 is 0 Å². The summed E-state index contributed by atoms with van der Waals surface area (Å²) in [6.45, 7) is 8.16. The fraction of sp³-hybridized carbons (Fsp3) is 0.917. The fourth-order valence-electron chi connectivity index (χ4n) is 1.88. The maximum atomic E-state index is 11.9. The minimum atomic E-state index is 0.192. The van der Waals surface area contributed by atoms with Gasteiger partial charge in [0.15, 0.2) is 0 Å². The molecule has 0 bridgehead atoms. The van der Waals surface area contributed by atoms with E-state index in [0.29, 0.717) is 6.42 Å². The van der Waals surface area contributed by atoms with Crippen molar-refractivity contribution in [2.45, 2.75) is 52.5 Å². The van der Waals surface area contributed by atoms with E-state index in [2.05, 4.69) is 20.8 Å². The van der Waals surface area contributed by atoms with Crippen molar-refractivity contribution < 1.29 is 4.79 Å². The van der Waals surface area contributed by atoms with Crippen molar-refractivity contribution in [3.63, 3.8) is 0 Å². The molecule has 0 radical (unpaired) electrons. The zero-order valence-corrected chi connectivity index (χ0v) is 10.3. The standard InChI is InChI=1S/C12H24N2O/c1-12(2,3)7-6-11(15)14-8-4-5-10(13)9-14/h10H,4-9,13H2,1-3H3/t10-/m1/s1. The van der Waals surface area contributed by atoms with E-state index < -0.39 is 0 Å². The summed E-state index contributed by atoms with van der Waals surface area (Å²) in [5, 5.41) is 0. The van der Waals surface area contributed by atoms with Crippen molar-refractivity contribution in [1.29, 1.82) is 0 Å². The van der Waals surface area contributed by atoms with Crippen LogP contribution in [0.15, 0.2) is 0 Å². The highest BCUT2D eigenvalue weighted by atomic mass is 16.2. The number of rotatable bonds is 2. The maximum Gasteiger partial charge on any atom is 0.222 e. The number of nitrogens with zero attached hydrogens (tertiary/aromatic N) is 1. The summed E-state index contributed by atoms with van der Waals surface area (Å²) in [5.74, 6) is 0.278. The molecule has 0 saturated carbocycles. The van der Waals surface area contributed by atoms with Crippen LogP contribution in [0.5, 0.6) is 0 Å². The van der Waals surface area contributed by atoms with E-state index in [-0.39, 0.29) is 17.4 Å². The lowest BCUT2D eigenvalue weighted by Gasteiger charge is -2.31. The van der Waals surface area contributed by atoms with Gasteiger partial charge in [-0.05, 0) is 24.7 Å². The lowest BCUT2D eigenvalue weighted by atomic mass is 9.90. The largest absolute Gasteiger partial charge is 0.341 e. The number of amides is 1. The Balaban J connectivity index is 2.33. The van der Waals surface area contributed by atoms with Gasteiger partial charge < -0.3 is 10.6 Å². The molecule has 0 aliphatic carbocycles. The highest BCUT2D eigenvalue weighted by Gasteiger charge is 2.22. The Kier molecular flexibility index (Phi) is 4.14. The molecule has 3 heteroatoms. The molecule has 1 saturated heterocycles. The highest BCUT2D eigenvalue weighted by Crippen LogP contribution is 2.21. The number of piperidine rings is 1. The molecule has 2 N–H and O–H groups in total. The second kappa shape index (κ2) is 4.97. The minimum absolute atomic E-state index is 0.192. The first-order chi connectivity index (χ1) is 6.88. The minimum Gasteiger partial charge on any atom is -0.341 e. The summed E-state index contributed by atoms with van der Waals surface area (Å²) in [4.78, 5) is 13.8. The molecule has 3 nitrogen and oxygen atoms in total. The normalized spacial score (nSPS) is 22.9. The summed E-state index contributed by atoms with van der Waals surface area (Å²) < 4.78 is 0. The van der Waals surface area contributed by atoms with Crippen molar-refractivity contribution in [2.24, 2.45) is 11.1 Å². The van der Waals surface area contributed by atoms with E-state index in [4.69, 9.17) is 5.73 Å². The summed E-state index contributed by atoms with van der Waals surface area (Å²) >= 11 is 0. The van der Waals surface area contributed by atoms with Gasteiger partial charge in [0.25, 0.3) is 0 Å². The molecular weight excluding hydrogens is 188 g/mol. The van der Waals surface area contributed by atoms with Gasteiger partial charge >= 0.3 is 0 Å². The van der Waals surface area contributed by atoms with E-state index in [9.17, 15) is 4.79 Å². The summed E-state index contributed by atoms with van der Waals surface area (Å²) in [5.41, 5.74) is 6.09. The molecule has 1 rings (SSSR count). The molecule has 15 heavy (non-hydrogen) atoms. The number of hydrogen-bond donors (Lipinski definition) is 1. The Morgan fingerprint density at radius 3 is 2.67 bits per heavy atom. The highest BCUT2D eigenvalue weighted by molar-refractivity contribution is 5.76. The predicted octanol–water partition coefficient (Wildman–Crippen LogP) is 1.76. The first kappa shape index (κ1) is 12.5. The third-order valence-corrected chi connectivity index (χ3v) is 2.90. The molecule has 1 fully saturated rings. The van der Waals surface area contributed by atoms with Crippen molar-refractivity contribution in [3.8, 4) is 0 Å². The SMILES string of the molecule is CC(C)(C)CCC(=O)N1CCC[C@@H](N)C1. The van der Waals surface area contributed by atoms with Gasteiger partial charge in [0.2, 0.25) is 5.91 Å². The zero-order valence-electron chi connectivity index (χ0n) is 10.3. The summed E-state index contributed by atoms with van der Waals surface area (Å²) in [6, 6.07) is 0.192. The predicted molar refractivity (Wildman–Crippen MR) is 62.5 cm³/mol. The Bertz CT molecular complexity index is 220. The van der Waals surface area contributed by atoms with Crippen LogP contribution in [0.3, 0.4) is 0 Å². The van der Waals surface area contributed by atoms with Gasteiger partial charge in [-0.1, -0.05) is 20.8 Å². The average molecular weight is 212 g/mol. The molecule has 1 amide bonds. The van der Waals surface area contributed by atoms with Crippen LogP contribution < -0.4 is 5.73 Å². The smallest absolute Gasteiger partial charge is 0.222 e. The van der Waals surface area contributed by atoms with Gasteiger partial charge in [0.1, 0.15) is 0 Å². The molecule has 88 valence electrons. The molecule has 1 heterocycles. The van der Waals surface area contributed by atoms with Crippen LogP contribution in [-0.4, -0.2) is 29.9 Å². The second-order valence-corrected chi connectivity index (χ2v) is 5.80. The van der Waals surface area contributed by atoms with E-state index in [1.165, 1.54) is 0 Å². The molecular formula is C12H24N2O. The van der Waals surface area contributed by atoms with Crippen LogP contribution in [0.25, 0.3) is 0 Å². The van der Waals surface area contributed by atoms with Gasteiger partial charge in [-0.25, -0.2) is 0 Å². The van der Waals surface area contributed by atoms with Gasteiger partial charge in [-0.3, -0.25) is 4.79 Å². The lowest BCUT2D eigenvalue weighted by molar-refractivity contribution is -0.132. The number of nitrogens with two attached hydrogens (primary N) is 1. The average Bonchev–Trinajstić information content (AvgIpc) is 2.13. The van der Waals surface area contributed by atoms with Crippen LogP contribution in [-0.2, 0) is 4.79 Å². The molecule has 1 atom stereocenters. The van der Waals surface area contributed by atoms with Crippen molar-refractivity contribution in [1.82, 2.24) is 4.90 Å². The van der Waals surface area contributed by atoms with Crippen LogP contribution in [0.4, 0.5) is 0 Å². The summed E-state index contributed by atoms with van der Waals surface area (Å²) in [7, 11) is 0. The first-order valence-electron chi connectivity index (χ1n) is 5.92. The van der Waals surface area contributed by atoms with E-state index in [1.807, 2.05) is 4.90 Å². The van der Waals surface area contributed by atoms with Gasteiger partial charge in [0, 0.05) is 25.6 Å². The Morgan fingerprint density at radius 2 is 2.13 bits per heavy atom. The Morgan fingerprint density at radius 1 is 1.47 bits per heavy atom. The lowest BCUT2D eigenvalue weighted by Crippen LogP contribution is -2.45. The second-order valence-electron chi connectivity index (χ2n) is 5.80. The fourth-order valence-corrected chi connectivity index (χ4v) is 1.88. The molecule has 0 unspecified atom stereocenters. The van der Waals surface area contributed by atoms with Crippen LogP contribution in [0.2, 0.25) is 0 Å². The van der Waals surface area contributed by atoms with Crippen molar-refractivity contribution in [3.05, 3.63) is 0 Å². The topological polar surface area (TPSA) is 46.3 Å². The van der Waals surface area contributed by atoms with E-state index >= 15 is 0 Å². The third-order valence-electron chi connectivity index (χ3n) is 2.90. The maximum absolute atomic E-state index is 11.9. The van der Waals surface area contributed by atoms with Crippen molar-refractivity contribution >= 4 is 5.91 Å². The van der Waals surface area contributed by atoms with Crippen molar-refractivity contribution in [2.75, 3.05) is 13.1 Å². The van der Waals surface area contributed by atoms with Crippen LogP contribution in [0, 0.1) is 5.41 Å². The number of carbonyl (C=O) groups excluding carboxylic acids is 1. The first-order valence-corrected chi connectivity index (χ1v) is 5.92. The molecule has 1 aliphatic heterocycles. The molecule has 0 aromatic carbocycles. The molecule has 1 aliphatic rings. The van der Waals surface area contributed by atoms with Crippen LogP contribution in [0.1, 0.15) is 46.5 Å². The van der Waals surface area contributed by atoms with E-state index in [1.54, 1.807) is 0 Å².